The Morgan fingerprint density at radius 1 is 1.23 bits per heavy atom. The molecule has 0 spiro atoms. The molecule has 2 unspecified atom stereocenters. The van der Waals surface area contributed by atoms with Crippen LogP contribution in [0.5, 0.6) is 0 Å². The maximum absolute atomic E-state index is 12.5. The first-order valence-corrected chi connectivity index (χ1v) is 8.45. The van der Waals surface area contributed by atoms with Crippen LogP contribution in [0.4, 0.5) is 0 Å². The van der Waals surface area contributed by atoms with Crippen LogP contribution in [0.3, 0.4) is 0 Å². The Balaban J connectivity index is 1.37. The molecule has 4 rings (SSSR count). The number of hydrogen-bond donors (Lipinski definition) is 3. The van der Waals surface area contributed by atoms with Gasteiger partial charge in [-0.1, -0.05) is 18.2 Å². The van der Waals surface area contributed by atoms with Gasteiger partial charge in [0, 0.05) is 18.9 Å². The Morgan fingerprint density at radius 3 is 2.85 bits per heavy atom. The fourth-order valence-corrected chi connectivity index (χ4v) is 3.13. The van der Waals surface area contributed by atoms with Crippen molar-refractivity contribution in [3.05, 3.63) is 60.2 Å². The molecule has 26 heavy (non-hydrogen) atoms. The molecule has 2 aromatic heterocycles. The van der Waals surface area contributed by atoms with Gasteiger partial charge in [0.2, 0.25) is 5.91 Å². The Labute approximate surface area is 150 Å². The van der Waals surface area contributed by atoms with Crippen molar-refractivity contribution in [2.45, 2.75) is 25.0 Å². The molecule has 1 aliphatic heterocycles. The summed E-state index contributed by atoms with van der Waals surface area (Å²) in [7, 11) is 1.99. The SMILES string of the molecule is Cn1cccc1C1CC(C(=O)NCc2nnnn2-c2ccccc2)NN1. The number of carbonyl (C=O) groups excluding carboxylic acids is 1. The molecule has 1 amide bonds. The summed E-state index contributed by atoms with van der Waals surface area (Å²) in [4.78, 5) is 12.5. The lowest BCUT2D eigenvalue weighted by Crippen LogP contribution is -2.43. The van der Waals surface area contributed by atoms with E-state index in [9.17, 15) is 4.79 Å². The fourth-order valence-electron chi connectivity index (χ4n) is 3.13. The van der Waals surface area contributed by atoms with Gasteiger partial charge in [0.15, 0.2) is 5.82 Å². The second-order valence-electron chi connectivity index (χ2n) is 6.23. The Bertz CT molecular complexity index is 887. The van der Waals surface area contributed by atoms with E-state index in [2.05, 4.69) is 31.7 Å². The minimum Gasteiger partial charge on any atom is -0.353 e. The number of tetrazole rings is 1. The lowest BCUT2D eigenvalue weighted by molar-refractivity contribution is -0.123. The number of aryl methyl sites for hydroxylation is 1. The van der Waals surface area contributed by atoms with Gasteiger partial charge in [0.25, 0.3) is 0 Å². The van der Waals surface area contributed by atoms with E-state index in [-0.39, 0.29) is 24.5 Å². The summed E-state index contributed by atoms with van der Waals surface area (Å²) in [5, 5.41) is 14.6. The number of aromatic nitrogens is 5. The maximum atomic E-state index is 12.5. The summed E-state index contributed by atoms with van der Waals surface area (Å²) in [6.45, 7) is 0.258. The molecule has 134 valence electrons. The number of hydrogen-bond acceptors (Lipinski definition) is 6. The van der Waals surface area contributed by atoms with Gasteiger partial charge in [-0.2, -0.15) is 4.68 Å². The highest BCUT2D eigenvalue weighted by Gasteiger charge is 2.31. The molecule has 3 heterocycles. The van der Waals surface area contributed by atoms with Crippen molar-refractivity contribution in [2.24, 2.45) is 7.05 Å². The van der Waals surface area contributed by atoms with E-state index in [1.165, 1.54) is 0 Å². The first kappa shape index (κ1) is 16.4. The molecule has 0 aliphatic carbocycles. The lowest BCUT2D eigenvalue weighted by atomic mass is 10.1. The maximum Gasteiger partial charge on any atom is 0.238 e. The molecule has 3 N–H and O–H groups in total. The summed E-state index contributed by atoms with van der Waals surface area (Å²) in [5.41, 5.74) is 8.24. The number of carbonyl (C=O) groups is 1. The molecular weight excluding hydrogens is 332 g/mol. The Hall–Kier alpha value is -3.04. The van der Waals surface area contributed by atoms with Crippen LogP contribution in [0.15, 0.2) is 48.7 Å². The molecule has 1 aliphatic rings. The van der Waals surface area contributed by atoms with Crippen LogP contribution in [-0.2, 0) is 18.4 Å². The van der Waals surface area contributed by atoms with Crippen LogP contribution in [0.25, 0.3) is 5.69 Å². The van der Waals surface area contributed by atoms with Crippen molar-refractivity contribution in [3.63, 3.8) is 0 Å². The second kappa shape index (κ2) is 7.06. The summed E-state index contributed by atoms with van der Waals surface area (Å²) in [5.74, 6) is 0.492. The van der Waals surface area contributed by atoms with Gasteiger partial charge < -0.3 is 9.88 Å². The molecule has 0 radical (unpaired) electrons. The summed E-state index contributed by atoms with van der Waals surface area (Å²) in [6, 6.07) is 13.4. The molecule has 9 nitrogen and oxygen atoms in total. The number of rotatable bonds is 5. The van der Waals surface area contributed by atoms with E-state index >= 15 is 0 Å². The van der Waals surface area contributed by atoms with Crippen LogP contribution < -0.4 is 16.2 Å². The van der Waals surface area contributed by atoms with E-state index < -0.39 is 0 Å². The first-order chi connectivity index (χ1) is 12.7. The van der Waals surface area contributed by atoms with E-state index in [4.69, 9.17) is 0 Å². The van der Waals surface area contributed by atoms with Crippen molar-refractivity contribution in [1.82, 2.24) is 40.9 Å². The third kappa shape index (κ3) is 3.22. The quantitative estimate of drug-likeness (QED) is 0.607. The van der Waals surface area contributed by atoms with Gasteiger partial charge in [0.05, 0.1) is 18.3 Å². The van der Waals surface area contributed by atoms with E-state index in [1.54, 1.807) is 4.68 Å². The van der Waals surface area contributed by atoms with Crippen molar-refractivity contribution in [1.29, 1.82) is 0 Å². The van der Waals surface area contributed by atoms with E-state index in [0.717, 1.165) is 11.4 Å². The molecule has 2 atom stereocenters. The highest BCUT2D eigenvalue weighted by molar-refractivity contribution is 5.82. The third-order valence-electron chi connectivity index (χ3n) is 4.52. The molecule has 0 saturated carbocycles. The lowest BCUT2D eigenvalue weighted by Gasteiger charge is -2.11. The summed E-state index contributed by atoms with van der Waals surface area (Å²) in [6.07, 6.45) is 2.67. The zero-order chi connectivity index (χ0) is 17.9. The normalized spacial score (nSPS) is 19.6. The number of amides is 1. The van der Waals surface area contributed by atoms with Crippen LogP contribution >= 0.6 is 0 Å². The van der Waals surface area contributed by atoms with E-state index in [1.807, 2.05) is 60.3 Å². The van der Waals surface area contributed by atoms with Gasteiger partial charge >= 0.3 is 0 Å². The van der Waals surface area contributed by atoms with Crippen molar-refractivity contribution in [3.8, 4) is 5.69 Å². The van der Waals surface area contributed by atoms with Crippen LogP contribution in [-0.4, -0.2) is 36.7 Å². The van der Waals surface area contributed by atoms with Crippen LogP contribution in [0.1, 0.15) is 24.0 Å². The zero-order valence-electron chi connectivity index (χ0n) is 14.3. The minimum absolute atomic E-state index is 0.0863. The summed E-state index contributed by atoms with van der Waals surface area (Å²) < 4.78 is 3.67. The first-order valence-electron chi connectivity index (χ1n) is 8.45. The largest absolute Gasteiger partial charge is 0.353 e. The van der Waals surface area contributed by atoms with Crippen molar-refractivity contribution < 1.29 is 4.79 Å². The topological polar surface area (TPSA) is 102 Å². The predicted octanol–water partition coefficient (Wildman–Crippen LogP) is 0.225. The molecule has 1 fully saturated rings. The highest BCUT2D eigenvalue weighted by Crippen LogP contribution is 2.22. The number of benzene rings is 1. The Morgan fingerprint density at radius 2 is 2.08 bits per heavy atom. The van der Waals surface area contributed by atoms with E-state index in [0.29, 0.717) is 12.2 Å². The number of para-hydroxylation sites is 1. The average Bonchev–Trinajstić information content (AvgIpc) is 3.40. The average molecular weight is 352 g/mol. The molecule has 3 aromatic rings. The van der Waals surface area contributed by atoms with Gasteiger partial charge in [-0.3, -0.25) is 4.79 Å². The molecule has 1 aromatic carbocycles. The standard InChI is InChI=1S/C17H20N8O/c1-24-9-5-8-15(24)13-10-14(20-19-13)17(26)18-11-16-21-22-23-25(16)12-6-3-2-4-7-12/h2-9,13-14,19-20H,10-11H2,1H3,(H,18,26). The minimum atomic E-state index is -0.309. The molecule has 1 saturated heterocycles. The Kier molecular flexibility index (Phi) is 4.46. The van der Waals surface area contributed by atoms with Crippen molar-refractivity contribution in [2.75, 3.05) is 0 Å². The number of hydrazine groups is 1. The van der Waals surface area contributed by atoms with Gasteiger partial charge in [-0.05, 0) is 41.1 Å². The number of nitrogens with one attached hydrogen (secondary N) is 3. The van der Waals surface area contributed by atoms with Gasteiger partial charge in [-0.15, -0.1) is 5.10 Å². The smallest absolute Gasteiger partial charge is 0.238 e. The molecule has 0 bridgehead atoms. The summed E-state index contributed by atoms with van der Waals surface area (Å²) >= 11 is 0. The predicted molar refractivity (Wildman–Crippen MR) is 93.8 cm³/mol. The fraction of sp³-hybridized carbons (Fsp3) is 0.294. The van der Waals surface area contributed by atoms with Crippen LogP contribution in [0, 0.1) is 0 Å². The van der Waals surface area contributed by atoms with Crippen LogP contribution in [0.2, 0.25) is 0 Å². The monoisotopic (exact) mass is 352 g/mol. The second-order valence-corrected chi connectivity index (χ2v) is 6.23. The zero-order valence-corrected chi connectivity index (χ0v) is 14.3. The van der Waals surface area contributed by atoms with Gasteiger partial charge in [-0.25, -0.2) is 10.9 Å². The number of nitrogens with zero attached hydrogens (tertiary/aromatic N) is 5. The van der Waals surface area contributed by atoms with Crippen molar-refractivity contribution >= 4 is 5.91 Å². The third-order valence-corrected chi connectivity index (χ3v) is 4.52. The highest BCUT2D eigenvalue weighted by atomic mass is 16.2. The molecular formula is C17H20N8O. The molecule has 9 heteroatoms. The van der Waals surface area contributed by atoms with Gasteiger partial charge in [0.1, 0.15) is 6.04 Å².